The van der Waals surface area contributed by atoms with Gasteiger partial charge in [0.2, 0.25) is 0 Å². The number of hydrogen-bond donors (Lipinski definition) is 1. The molecule has 0 aliphatic rings. The average Bonchev–Trinajstić information content (AvgIpc) is 2.39. The molecule has 0 saturated heterocycles. The maximum atomic E-state index is 9.72. The van der Waals surface area contributed by atoms with Gasteiger partial charge in [0.05, 0.1) is 12.7 Å². The molecule has 1 aromatic carbocycles. The third-order valence-electron chi connectivity index (χ3n) is 2.96. The van der Waals surface area contributed by atoms with Crippen molar-refractivity contribution in [3.8, 4) is 5.75 Å². The largest absolute Gasteiger partial charge is 0.493 e. The highest BCUT2D eigenvalue weighted by Crippen LogP contribution is 2.26. The van der Waals surface area contributed by atoms with E-state index in [1.54, 1.807) is 13.1 Å². The Kier molecular flexibility index (Phi) is 4.53. The van der Waals surface area contributed by atoms with Gasteiger partial charge in [-0.15, -0.1) is 0 Å². The molecule has 0 amide bonds. The Balaban J connectivity index is 2.01. The normalized spacial score (nSPS) is 12.2. The summed E-state index contributed by atoms with van der Waals surface area (Å²) in [4.78, 5) is 4.26. The zero-order valence-corrected chi connectivity index (χ0v) is 11.3. The first-order valence-corrected chi connectivity index (χ1v) is 6.48. The second-order valence-corrected chi connectivity index (χ2v) is 4.64. The van der Waals surface area contributed by atoms with E-state index in [4.69, 9.17) is 4.74 Å². The van der Waals surface area contributed by atoms with Crippen LogP contribution in [0.2, 0.25) is 0 Å². The molecule has 0 spiro atoms. The predicted octanol–water partition coefficient (Wildman–Crippen LogP) is 3.06. The summed E-state index contributed by atoms with van der Waals surface area (Å²) in [7, 11) is 0. The van der Waals surface area contributed by atoms with Gasteiger partial charge in [-0.2, -0.15) is 0 Å². The first-order chi connectivity index (χ1) is 9.16. The SMILES string of the molecule is Cc1ccc([C@H](C)O)c(OCCc2ccccn2)c1. The molecule has 0 bridgehead atoms. The molecule has 2 rings (SSSR count). The van der Waals surface area contributed by atoms with Gasteiger partial charge in [0.1, 0.15) is 5.75 Å². The Bertz CT molecular complexity index is 524. The molecule has 0 aliphatic carbocycles. The third kappa shape index (κ3) is 3.80. The van der Waals surface area contributed by atoms with Gasteiger partial charge in [0.25, 0.3) is 0 Å². The van der Waals surface area contributed by atoms with Crippen LogP contribution in [-0.4, -0.2) is 16.7 Å². The number of aliphatic hydroxyl groups excluding tert-OH is 1. The number of ether oxygens (including phenoxy) is 1. The topological polar surface area (TPSA) is 42.4 Å². The fourth-order valence-corrected chi connectivity index (χ4v) is 1.92. The molecule has 100 valence electrons. The van der Waals surface area contributed by atoms with Crippen LogP contribution in [0.15, 0.2) is 42.6 Å². The van der Waals surface area contributed by atoms with Crippen molar-refractivity contribution in [2.75, 3.05) is 6.61 Å². The number of pyridine rings is 1. The Morgan fingerprint density at radius 1 is 1.26 bits per heavy atom. The molecule has 1 atom stereocenters. The maximum Gasteiger partial charge on any atom is 0.125 e. The van der Waals surface area contributed by atoms with E-state index in [0.717, 1.165) is 29.0 Å². The molecule has 19 heavy (non-hydrogen) atoms. The number of benzene rings is 1. The second-order valence-electron chi connectivity index (χ2n) is 4.64. The van der Waals surface area contributed by atoms with E-state index in [0.29, 0.717) is 6.61 Å². The number of aryl methyl sites for hydroxylation is 1. The maximum absolute atomic E-state index is 9.72. The Hall–Kier alpha value is -1.87. The second kappa shape index (κ2) is 6.34. The molecule has 1 N–H and O–H groups in total. The monoisotopic (exact) mass is 257 g/mol. The lowest BCUT2D eigenvalue weighted by Gasteiger charge is -2.14. The van der Waals surface area contributed by atoms with Crippen LogP contribution in [-0.2, 0) is 6.42 Å². The first kappa shape index (κ1) is 13.6. The van der Waals surface area contributed by atoms with Gasteiger partial charge in [-0.05, 0) is 37.6 Å². The van der Waals surface area contributed by atoms with Crippen LogP contribution in [0.5, 0.6) is 5.75 Å². The lowest BCUT2D eigenvalue weighted by Crippen LogP contribution is -2.06. The number of aromatic nitrogens is 1. The molecular formula is C16H19NO2. The van der Waals surface area contributed by atoms with Crippen LogP contribution in [0.3, 0.4) is 0 Å². The summed E-state index contributed by atoms with van der Waals surface area (Å²) in [6, 6.07) is 11.7. The number of nitrogens with zero attached hydrogens (tertiary/aromatic N) is 1. The number of hydrogen-bond acceptors (Lipinski definition) is 3. The van der Waals surface area contributed by atoms with Crippen LogP contribution in [0.4, 0.5) is 0 Å². The Morgan fingerprint density at radius 2 is 2.11 bits per heavy atom. The highest BCUT2D eigenvalue weighted by Gasteiger charge is 2.09. The Labute approximate surface area is 113 Å². The summed E-state index contributed by atoms with van der Waals surface area (Å²) in [6.45, 7) is 4.31. The van der Waals surface area contributed by atoms with Crippen LogP contribution >= 0.6 is 0 Å². The van der Waals surface area contributed by atoms with Gasteiger partial charge in [-0.25, -0.2) is 0 Å². The summed E-state index contributed by atoms with van der Waals surface area (Å²) in [6.07, 6.45) is 2.02. The van der Waals surface area contributed by atoms with E-state index in [9.17, 15) is 5.11 Å². The van der Waals surface area contributed by atoms with E-state index in [2.05, 4.69) is 4.98 Å². The molecular weight excluding hydrogens is 238 g/mol. The Morgan fingerprint density at radius 3 is 2.79 bits per heavy atom. The molecule has 1 heterocycles. The lowest BCUT2D eigenvalue weighted by molar-refractivity contribution is 0.191. The van der Waals surface area contributed by atoms with Crippen LogP contribution < -0.4 is 4.74 Å². The number of aliphatic hydroxyl groups is 1. The van der Waals surface area contributed by atoms with Gasteiger partial charge in [-0.3, -0.25) is 4.98 Å². The minimum atomic E-state index is -0.523. The van der Waals surface area contributed by atoms with Gasteiger partial charge < -0.3 is 9.84 Å². The first-order valence-electron chi connectivity index (χ1n) is 6.48. The van der Waals surface area contributed by atoms with E-state index in [1.165, 1.54) is 0 Å². The van der Waals surface area contributed by atoms with E-state index >= 15 is 0 Å². The van der Waals surface area contributed by atoms with Crippen LogP contribution in [0.25, 0.3) is 0 Å². The zero-order chi connectivity index (χ0) is 13.7. The summed E-state index contributed by atoms with van der Waals surface area (Å²) < 4.78 is 5.78. The smallest absolute Gasteiger partial charge is 0.125 e. The fraction of sp³-hybridized carbons (Fsp3) is 0.312. The van der Waals surface area contributed by atoms with Crippen molar-refractivity contribution in [2.45, 2.75) is 26.4 Å². The predicted molar refractivity (Wildman–Crippen MR) is 75.2 cm³/mol. The highest BCUT2D eigenvalue weighted by molar-refractivity contribution is 5.38. The summed E-state index contributed by atoms with van der Waals surface area (Å²) in [5, 5.41) is 9.72. The van der Waals surface area contributed by atoms with Crippen LogP contribution in [0, 0.1) is 6.92 Å². The molecule has 0 radical (unpaired) electrons. The molecule has 3 nitrogen and oxygen atoms in total. The highest BCUT2D eigenvalue weighted by atomic mass is 16.5. The lowest BCUT2D eigenvalue weighted by atomic mass is 10.1. The minimum absolute atomic E-state index is 0.523. The van der Waals surface area contributed by atoms with Gasteiger partial charge in [0.15, 0.2) is 0 Å². The van der Waals surface area contributed by atoms with Gasteiger partial charge in [-0.1, -0.05) is 18.2 Å². The summed E-state index contributed by atoms with van der Waals surface area (Å²) in [5.41, 5.74) is 2.96. The standard InChI is InChI=1S/C16H19NO2/c1-12-6-7-15(13(2)18)16(11-12)19-10-8-14-5-3-4-9-17-14/h3-7,9,11,13,18H,8,10H2,1-2H3/t13-/m0/s1. The van der Waals surface area contributed by atoms with E-state index in [1.807, 2.05) is 43.3 Å². The zero-order valence-electron chi connectivity index (χ0n) is 11.3. The quantitative estimate of drug-likeness (QED) is 0.895. The van der Waals surface area contributed by atoms with Crippen molar-refractivity contribution in [1.29, 1.82) is 0 Å². The van der Waals surface area contributed by atoms with Crippen LogP contribution in [0.1, 0.15) is 29.8 Å². The van der Waals surface area contributed by atoms with Crippen molar-refractivity contribution >= 4 is 0 Å². The molecule has 3 heteroatoms. The van der Waals surface area contributed by atoms with Crippen molar-refractivity contribution in [1.82, 2.24) is 4.98 Å². The van der Waals surface area contributed by atoms with Crippen molar-refractivity contribution in [3.05, 3.63) is 59.4 Å². The molecule has 0 aliphatic heterocycles. The summed E-state index contributed by atoms with van der Waals surface area (Å²) >= 11 is 0. The molecule has 0 fully saturated rings. The molecule has 0 unspecified atom stereocenters. The molecule has 0 saturated carbocycles. The molecule has 2 aromatic rings. The fourth-order valence-electron chi connectivity index (χ4n) is 1.92. The van der Waals surface area contributed by atoms with E-state index < -0.39 is 6.10 Å². The summed E-state index contributed by atoms with van der Waals surface area (Å²) in [5.74, 6) is 0.755. The van der Waals surface area contributed by atoms with Crippen molar-refractivity contribution < 1.29 is 9.84 Å². The number of rotatable bonds is 5. The van der Waals surface area contributed by atoms with Crippen molar-refractivity contribution in [3.63, 3.8) is 0 Å². The van der Waals surface area contributed by atoms with Gasteiger partial charge >= 0.3 is 0 Å². The molecule has 1 aromatic heterocycles. The minimum Gasteiger partial charge on any atom is -0.493 e. The van der Waals surface area contributed by atoms with E-state index in [-0.39, 0.29) is 0 Å². The van der Waals surface area contributed by atoms with Gasteiger partial charge in [0, 0.05) is 23.9 Å². The third-order valence-corrected chi connectivity index (χ3v) is 2.96. The van der Waals surface area contributed by atoms with Crippen molar-refractivity contribution in [2.24, 2.45) is 0 Å². The average molecular weight is 257 g/mol.